The molecule has 0 saturated carbocycles. The molecule has 56 heavy (non-hydrogen) atoms. The molecule has 0 aromatic heterocycles. The summed E-state index contributed by atoms with van der Waals surface area (Å²) in [5.74, 6) is 0.0388. The lowest BCUT2D eigenvalue weighted by atomic mass is 9.92. The Morgan fingerprint density at radius 1 is 0.750 bits per heavy atom. The molecule has 2 aliphatic heterocycles. The Labute approximate surface area is 334 Å². The van der Waals surface area contributed by atoms with Gasteiger partial charge in [0.05, 0.1) is 0 Å². The Morgan fingerprint density at radius 3 is 1.43 bits per heavy atom. The van der Waals surface area contributed by atoms with Gasteiger partial charge >= 0.3 is 6.03 Å². The molecular weight excluding hydrogens is 763 g/mol. The summed E-state index contributed by atoms with van der Waals surface area (Å²) >= 11 is 0. The smallest absolute Gasteiger partial charge is 0.332 e. The minimum absolute atomic E-state index is 0.0316. The number of hydrogen-bond donors (Lipinski definition) is 3. The van der Waals surface area contributed by atoms with Crippen LogP contribution in [-0.2, 0) is 20.0 Å². The van der Waals surface area contributed by atoms with Crippen molar-refractivity contribution in [3.63, 3.8) is 0 Å². The number of carbonyl (C=O) groups excluding carboxylic acids is 1. The summed E-state index contributed by atoms with van der Waals surface area (Å²) in [4.78, 5) is 16.7. The third kappa shape index (κ3) is 13.4. The zero-order valence-corrected chi connectivity index (χ0v) is 36.7. The van der Waals surface area contributed by atoms with E-state index in [-0.39, 0.29) is 40.6 Å². The molecule has 2 unspecified atom stereocenters. The number of halogens is 2. The Morgan fingerprint density at radius 2 is 1.11 bits per heavy atom. The van der Waals surface area contributed by atoms with Gasteiger partial charge in [0.25, 0.3) is 6.26 Å². The van der Waals surface area contributed by atoms with Gasteiger partial charge in [0.15, 0.2) is 0 Å². The van der Waals surface area contributed by atoms with Crippen LogP contribution in [0.5, 0.6) is 5.75 Å². The van der Waals surface area contributed by atoms with Gasteiger partial charge in [-0.05, 0) is 85.8 Å². The molecule has 2 heterocycles. The quantitative estimate of drug-likeness (QED) is 0.171. The highest BCUT2D eigenvalue weighted by Crippen LogP contribution is 2.36. The molecule has 0 aliphatic carbocycles. The van der Waals surface area contributed by atoms with Gasteiger partial charge < -0.3 is 10.1 Å². The molecule has 2 atom stereocenters. The van der Waals surface area contributed by atoms with Crippen LogP contribution in [0.4, 0.5) is 19.3 Å². The van der Waals surface area contributed by atoms with Crippen LogP contribution in [0.25, 0.3) is 0 Å². The minimum Gasteiger partial charge on any atom is -0.387 e. The Balaban J connectivity index is 0.000000325. The van der Waals surface area contributed by atoms with Gasteiger partial charge in [-0.1, -0.05) is 69.2 Å². The van der Waals surface area contributed by atoms with Crippen molar-refractivity contribution in [1.29, 1.82) is 5.26 Å². The minimum atomic E-state index is -3.77. The average Bonchev–Trinajstić information content (AvgIpc) is 3.03. The number of nitrogens with two attached hydrogens (primary N) is 1. The predicted octanol–water partition coefficient (Wildman–Crippen LogP) is 7.70. The van der Waals surface area contributed by atoms with Crippen molar-refractivity contribution >= 4 is 31.8 Å². The molecule has 2 saturated heterocycles. The van der Waals surface area contributed by atoms with Crippen molar-refractivity contribution < 1.29 is 35.1 Å². The standard InChI is InChI=1S/C20H32FN3O3S.C13H16FNO.C7H16N2O2S/c1-7-14(6)24-10-16(11-24)28(26,27)23-20(25)22-19-17(12(2)3)8-15(21)9-18(19)13(4)5;1-8(2)11-5-10(14)6-12(9(3)4)13(11)16-7-15;1-3-6(2)9-4-7(5-9)12(8,10)11/h8-9,12-14,16H,7,10-11H2,1-6H3,(H2,22,23,25);5-6,8-9H,1-4H3;6-7H,3-5H2,1-2H3,(H2,8,10,11). The zero-order chi connectivity index (χ0) is 42.9. The number of nitrogens with one attached hydrogen (secondary N) is 2. The molecule has 2 aromatic carbocycles. The Kier molecular flexibility index (Phi) is 18.2. The van der Waals surface area contributed by atoms with E-state index in [0.717, 1.165) is 24.0 Å². The summed E-state index contributed by atoms with van der Waals surface area (Å²) in [5.41, 5.74) is 3.25. The van der Waals surface area contributed by atoms with E-state index in [4.69, 9.17) is 15.1 Å². The van der Waals surface area contributed by atoms with Gasteiger partial charge in [-0.2, -0.15) is 0 Å². The first-order chi connectivity index (χ1) is 25.9. The highest BCUT2D eigenvalue weighted by Gasteiger charge is 2.40. The fraction of sp³-hybridized carbons (Fsp3) is 0.650. The topological polar surface area (TPSA) is 175 Å². The summed E-state index contributed by atoms with van der Waals surface area (Å²) in [6.07, 6.45) is 3.67. The normalized spacial score (nSPS) is 16.5. The third-order valence-corrected chi connectivity index (χ3v) is 13.3. The summed E-state index contributed by atoms with van der Waals surface area (Å²) in [7, 11) is -7.05. The predicted molar refractivity (Wildman–Crippen MR) is 220 cm³/mol. The molecular formula is C40H64F2N6O6S2. The second-order valence-corrected chi connectivity index (χ2v) is 19.8. The van der Waals surface area contributed by atoms with E-state index in [2.05, 4.69) is 47.5 Å². The molecule has 2 amide bonds. The highest BCUT2D eigenvalue weighted by atomic mass is 32.2. The van der Waals surface area contributed by atoms with Crippen molar-refractivity contribution in [2.24, 2.45) is 5.14 Å². The fourth-order valence-corrected chi connectivity index (χ4v) is 8.34. The molecule has 316 valence electrons. The molecule has 2 aliphatic rings. The molecule has 0 bridgehead atoms. The maximum atomic E-state index is 14.0. The van der Waals surface area contributed by atoms with Crippen LogP contribution in [0.2, 0.25) is 0 Å². The van der Waals surface area contributed by atoms with Crippen molar-refractivity contribution in [2.45, 2.75) is 142 Å². The van der Waals surface area contributed by atoms with Crippen LogP contribution in [0.15, 0.2) is 24.3 Å². The van der Waals surface area contributed by atoms with Gasteiger partial charge in [0, 0.05) is 55.1 Å². The summed E-state index contributed by atoms with van der Waals surface area (Å²) in [5, 5.41) is 15.4. The summed E-state index contributed by atoms with van der Waals surface area (Å²) in [6.45, 7) is 25.7. The lowest BCUT2D eigenvalue weighted by molar-refractivity contribution is 0.128. The van der Waals surface area contributed by atoms with Gasteiger partial charge in [-0.15, -0.1) is 5.26 Å². The number of hydrogen-bond acceptors (Lipinski definition) is 9. The Bertz CT molecular complexity index is 1830. The van der Waals surface area contributed by atoms with E-state index >= 15 is 0 Å². The van der Waals surface area contributed by atoms with Gasteiger partial charge in [0.1, 0.15) is 27.9 Å². The number of urea groups is 1. The monoisotopic (exact) mass is 826 g/mol. The largest absolute Gasteiger partial charge is 0.387 e. The van der Waals surface area contributed by atoms with Crippen molar-refractivity contribution in [2.75, 3.05) is 31.5 Å². The van der Waals surface area contributed by atoms with E-state index in [1.165, 1.54) is 24.3 Å². The average molecular weight is 827 g/mol. The van der Waals surface area contributed by atoms with E-state index in [1.807, 2.05) is 55.4 Å². The van der Waals surface area contributed by atoms with Crippen LogP contribution in [-0.4, -0.2) is 81.4 Å². The molecule has 2 aromatic rings. The first-order valence-electron chi connectivity index (χ1n) is 19.4. The molecule has 0 spiro atoms. The number of benzene rings is 2. The van der Waals surface area contributed by atoms with Gasteiger partial charge in [-0.3, -0.25) is 9.80 Å². The fourth-order valence-electron chi connectivity index (χ4n) is 6.29. The number of sulfonamides is 2. The first-order valence-corrected chi connectivity index (χ1v) is 22.6. The van der Waals surface area contributed by atoms with Gasteiger partial charge in [-0.25, -0.2) is 40.3 Å². The maximum Gasteiger partial charge on any atom is 0.332 e. The number of anilines is 1. The molecule has 4 N–H and O–H groups in total. The number of nitriles is 1. The van der Waals surface area contributed by atoms with E-state index in [0.29, 0.717) is 60.8 Å². The number of carbonyl (C=O) groups is 1. The van der Waals surface area contributed by atoms with Crippen molar-refractivity contribution in [1.82, 2.24) is 14.5 Å². The third-order valence-electron chi connectivity index (χ3n) is 10.5. The molecule has 0 radical (unpaired) electrons. The second kappa shape index (κ2) is 20.9. The highest BCUT2D eigenvalue weighted by molar-refractivity contribution is 7.90. The number of ether oxygens (including phenoxy) is 1. The molecule has 2 fully saturated rings. The number of primary sulfonamides is 1. The van der Waals surface area contributed by atoms with Crippen molar-refractivity contribution in [3.8, 4) is 12.0 Å². The number of amides is 2. The number of rotatable bonds is 13. The summed E-state index contributed by atoms with van der Waals surface area (Å²) in [6, 6.07) is 5.63. The second-order valence-electron chi connectivity index (χ2n) is 16.0. The maximum absolute atomic E-state index is 14.0. The lowest BCUT2D eigenvalue weighted by Crippen LogP contribution is -2.60. The Hall–Kier alpha value is -3.36. The van der Waals surface area contributed by atoms with Crippen LogP contribution < -0.4 is 19.9 Å². The SMILES string of the molecule is CC(C)c1cc(F)cc(C(C)C)c1OC#N.CCC(C)N1CC(S(=O)(=O)NC(=O)Nc2c(C(C)C)cc(F)cc2C(C)C)C1.CCC(C)N1CC(S(N)(=O)=O)C1. The summed E-state index contributed by atoms with van der Waals surface area (Å²) < 4.78 is 81.2. The molecule has 12 nitrogen and oxygen atoms in total. The van der Waals surface area contributed by atoms with Crippen molar-refractivity contribution in [3.05, 3.63) is 58.2 Å². The number of nitrogens with zero attached hydrogens (tertiary/aromatic N) is 3. The molecule has 16 heteroatoms. The van der Waals surface area contributed by atoms with Crippen LogP contribution >= 0.6 is 0 Å². The first kappa shape index (κ1) is 48.8. The molecule has 4 rings (SSSR count). The zero-order valence-electron chi connectivity index (χ0n) is 35.1. The van der Waals surface area contributed by atoms with Gasteiger partial charge in [0.2, 0.25) is 20.0 Å². The van der Waals surface area contributed by atoms with Crippen LogP contribution in [0, 0.1) is 23.2 Å². The van der Waals surface area contributed by atoms with E-state index < -0.39 is 31.3 Å². The van der Waals surface area contributed by atoms with E-state index in [1.54, 1.807) is 6.26 Å². The van der Waals surface area contributed by atoms with E-state index in [9.17, 15) is 30.4 Å². The number of likely N-dealkylation sites (tertiary alicyclic amines) is 2. The van der Waals surface area contributed by atoms with Crippen LogP contribution in [0.3, 0.4) is 0 Å². The van der Waals surface area contributed by atoms with Crippen LogP contribution in [0.1, 0.15) is 142 Å². The lowest BCUT2D eigenvalue weighted by Gasteiger charge is -2.42.